The Bertz CT molecular complexity index is 737. The van der Waals surface area contributed by atoms with E-state index in [0.717, 1.165) is 50.3 Å². The number of hydrogen-bond acceptors (Lipinski definition) is 6. The highest BCUT2D eigenvalue weighted by Crippen LogP contribution is 2.27. The van der Waals surface area contributed by atoms with Crippen LogP contribution in [0.15, 0.2) is 22.7 Å². The predicted octanol–water partition coefficient (Wildman–Crippen LogP) is 2.75. The summed E-state index contributed by atoms with van der Waals surface area (Å²) in [5.74, 6) is 1.19. The molecule has 2 fully saturated rings. The van der Waals surface area contributed by atoms with Crippen molar-refractivity contribution in [3.8, 4) is 6.07 Å². The van der Waals surface area contributed by atoms with Crippen LogP contribution in [0.4, 0.5) is 5.82 Å². The van der Waals surface area contributed by atoms with Crippen molar-refractivity contribution in [3.05, 3.63) is 24.1 Å². The molecule has 126 valence electrons. The predicted molar refractivity (Wildman–Crippen MR) is 90.8 cm³/mol. The zero-order valence-electron chi connectivity index (χ0n) is 13.7. The molecule has 1 saturated heterocycles. The maximum atomic E-state index is 8.91. The second kappa shape index (κ2) is 6.80. The van der Waals surface area contributed by atoms with E-state index < -0.39 is 0 Å². The van der Waals surface area contributed by atoms with Gasteiger partial charge in [-0.15, -0.1) is 0 Å². The zero-order chi connectivity index (χ0) is 16.4. The van der Waals surface area contributed by atoms with Gasteiger partial charge in [-0.2, -0.15) is 5.26 Å². The van der Waals surface area contributed by atoms with Gasteiger partial charge in [0.1, 0.15) is 11.9 Å². The molecule has 1 aliphatic carbocycles. The quantitative estimate of drug-likeness (QED) is 0.935. The highest BCUT2D eigenvalue weighted by molar-refractivity contribution is 5.80. The van der Waals surface area contributed by atoms with Gasteiger partial charge in [0.25, 0.3) is 0 Å². The van der Waals surface area contributed by atoms with Crippen LogP contribution in [0, 0.1) is 11.3 Å². The molecule has 0 spiro atoms. The Labute approximate surface area is 141 Å². The summed E-state index contributed by atoms with van der Waals surface area (Å²) in [5.41, 5.74) is 0.660. The average Bonchev–Trinajstić information content (AvgIpc) is 3.06. The Balaban J connectivity index is 1.35. The number of fused-ring (bicyclic) bond motifs is 1. The number of morpholine rings is 1. The summed E-state index contributed by atoms with van der Waals surface area (Å²) < 4.78 is 10.8. The summed E-state index contributed by atoms with van der Waals surface area (Å²) in [5, 5.41) is 13.4. The van der Waals surface area contributed by atoms with Gasteiger partial charge in [0.05, 0.1) is 19.4 Å². The number of nitriles is 1. The van der Waals surface area contributed by atoms with Gasteiger partial charge in [-0.25, -0.2) is 4.98 Å². The summed E-state index contributed by atoms with van der Waals surface area (Å²) in [6.45, 7) is 3.89. The van der Waals surface area contributed by atoms with Crippen molar-refractivity contribution in [2.75, 3.05) is 31.6 Å². The lowest BCUT2D eigenvalue weighted by atomic mass is 9.90. The van der Waals surface area contributed by atoms with Crippen molar-refractivity contribution in [1.29, 1.82) is 5.26 Å². The van der Waals surface area contributed by atoms with Crippen LogP contribution >= 0.6 is 0 Å². The van der Waals surface area contributed by atoms with E-state index >= 15 is 0 Å². The van der Waals surface area contributed by atoms with Crippen molar-refractivity contribution < 1.29 is 9.15 Å². The van der Waals surface area contributed by atoms with Crippen LogP contribution in [0.2, 0.25) is 0 Å². The Hall–Kier alpha value is -2.10. The maximum Gasteiger partial charge on any atom is 0.204 e. The third kappa shape index (κ3) is 3.23. The number of nitrogens with one attached hydrogen (secondary N) is 1. The fraction of sp³-hybridized carbons (Fsp3) is 0.556. The summed E-state index contributed by atoms with van der Waals surface area (Å²) >= 11 is 0. The van der Waals surface area contributed by atoms with Crippen LogP contribution in [0.5, 0.6) is 0 Å². The zero-order valence-corrected chi connectivity index (χ0v) is 13.7. The maximum absolute atomic E-state index is 8.91. The standard InChI is InChI=1S/C18H22N4O2/c19-11-16-9-13-10-18(20-12-17(13)24-16)21-14-1-3-15(4-2-14)22-5-7-23-8-6-22/h9-10,12,14-15H,1-8H2,(H,20,21). The number of ether oxygens (including phenoxy) is 1. The van der Waals surface area contributed by atoms with Gasteiger partial charge in [-0.3, -0.25) is 4.90 Å². The molecule has 4 rings (SSSR count). The van der Waals surface area contributed by atoms with E-state index in [9.17, 15) is 0 Å². The monoisotopic (exact) mass is 326 g/mol. The lowest BCUT2D eigenvalue weighted by Crippen LogP contribution is -2.46. The number of aromatic nitrogens is 1. The minimum atomic E-state index is 0.329. The highest BCUT2D eigenvalue weighted by atomic mass is 16.5. The van der Waals surface area contributed by atoms with E-state index in [4.69, 9.17) is 14.4 Å². The van der Waals surface area contributed by atoms with Crippen LogP contribution in [-0.4, -0.2) is 48.3 Å². The van der Waals surface area contributed by atoms with E-state index in [-0.39, 0.29) is 0 Å². The first-order valence-corrected chi connectivity index (χ1v) is 8.70. The number of furan rings is 1. The number of hydrogen-bond donors (Lipinski definition) is 1. The van der Waals surface area contributed by atoms with Gasteiger partial charge in [0.15, 0.2) is 5.58 Å². The molecule has 6 heteroatoms. The molecule has 0 unspecified atom stereocenters. The third-order valence-electron chi connectivity index (χ3n) is 5.13. The van der Waals surface area contributed by atoms with Gasteiger partial charge in [-0.05, 0) is 31.7 Å². The molecule has 24 heavy (non-hydrogen) atoms. The Kier molecular flexibility index (Phi) is 4.37. The molecule has 0 radical (unpaired) electrons. The van der Waals surface area contributed by atoms with Gasteiger partial charge >= 0.3 is 0 Å². The first-order valence-electron chi connectivity index (χ1n) is 8.70. The van der Waals surface area contributed by atoms with E-state index in [1.165, 1.54) is 12.8 Å². The molecule has 2 aromatic rings. The Morgan fingerprint density at radius 1 is 1.17 bits per heavy atom. The van der Waals surface area contributed by atoms with Crippen molar-refractivity contribution >= 4 is 16.8 Å². The normalized spacial score (nSPS) is 25.5. The Morgan fingerprint density at radius 3 is 2.71 bits per heavy atom. The van der Waals surface area contributed by atoms with Crippen molar-refractivity contribution in [2.45, 2.75) is 37.8 Å². The minimum Gasteiger partial charge on any atom is -0.444 e. The van der Waals surface area contributed by atoms with E-state index in [1.54, 1.807) is 12.3 Å². The van der Waals surface area contributed by atoms with E-state index in [0.29, 0.717) is 23.4 Å². The second-order valence-corrected chi connectivity index (χ2v) is 6.63. The topological polar surface area (TPSA) is 74.3 Å². The summed E-state index contributed by atoms with van der Waals surface area (Å²) in [4.78, 5) is 7.00. The largest absolute Gasteiger partial charge is 0.444 e. The van der Waals surface area contributed by atoms with Crippen LogP contribution < -0.4 is 5.32 Å². The summed E-state index contributed by atoms with van der Waals surface area (Å²) in [6.07, 6.45) is 6.47. The molecule has 0 aromatic carbocycles. The van der Waals surface area contributed by atoms with E-state index in [2.05, 4.69) is 15.2 Å². The molecule has 0 bridgehead atoms. The van der Waals surface area contributed by atoms with Gasteiger partial charge in [-0.1, -0.05) is 0 Å². The summed E-state index contributed by atoms with van der Waals surface area (Å²) in [7, 11) is 0. The minimum absolute atomic E-state index is 0.329. The molecule has 1 aliphatic heterocycles. The average molecular weight is 326 g/mol. The van der Waals surface area contributed by atoms with Crippen molar-refractivity contribution in [3.63, 3.8) is 0 Å². The molecule has 0 amide bonds. The third-order valence-corrected chi connectivity index (χ3v) is 5.13. The van der Waals surface area contributed by atoms with Crippen LogP contribution in [0.1, 0.15) is 31.4 Å². The van der Waals surface area contributed by atoms with Crippen molar-refractivity contribution in [1.82, 2.24) is 9.88 Å². The van der Waals surface area contributed by atoms with E-state index in [1.807, 2.05) is 12.1 Å². The fourth-order valence-corrected chi connectivity index (χ4v) is 3.82. The van der Waals surface area contributed by atoms with Gasteiger partial charge in [0, 0.05) is 36.6 Å². The smallest absolute Gasteiger partial charge is 0.204 e. The molecule has 1 saturated carbocycles. The molecule has 2 aliphatic rings. The molecule has 3 heterocycles. The first-order chi connectivity index (χ1) is 11.8. The number of rotatable bonds is 3. The molecule has 2 aromatic heterocycles. The van der Waals surface area contributed by atoms with Crippen LogP contribution in [0.25, 0.3) is 11.0 Å². The SMILES string of the molecule is N#Cc1cc2cc(NC3CCC(N4CCOCC4)CC3)ncc2o1. The molecule has 1 N–H and O–H groups in total. The molecule has 6 nitrogen and oxygen atoms in total. The lowest BCUT2D eigenvalue weighted by Gasteiger charge is -2.39. The molecular weight excluding hydrogens is 304 g/mol. The summed E-state index contributed by atoms with van der Waals surface area (Å²) in [6, 6.07) is 6.92. The van der Waals surface area contributed by atoms with Gasteiger partial charge < -0.3 is 14.5 Å². The number of anilines is 1. The van der Waals surface area contributed by atoms with Crippen LogP contribution in [-0.2, 0) is 4.74 Å². The molecule has 0 atom stereocenters. The first kappa shape index (κ1) is 15.4. The Morgan fingerprint density at radius 2 is 1.96 bits per heavy atom. The highest BCUT2D eigenvalue weighted by Gasteiger charge is 2.27. The fourth-order valence-electron chi connectivity index (χ4n) is 3.82. The van der Waals surface area contributed by atoms with Crippen LogP contribution in [0.3, 0.4) is 0 Å². The second-order valence-electron chi connectivity index (χ2n) is 6.63. The number of pyridine rings is 1. The molecular formula is C18H22N4O2. The number of nitrogens with zero attached hydrogens (tertiary/aromatic N) is 3. The van der Waals surface area contributed by atoms with Gasteiger partial charge in [0.2, 0.25) is 5.76 Å². The lowest BCUT2D eigenvalue weighted by molar-refractivity contribution is 0.00791. The van der Waals surface area contributed by atoms with Crippen molar-refractivity contribution in [2.24, 2.45) is 0 Å².